The molecule has 4 aliphatic rings. The van der Waals surface area contributed by atoms with E-state index in [1.165, 1.54) is 0 Å². The topological polar surface area (TPSA) is 111 Å². The highest BCUT2D eigenvalue weighted by Crippen LogP contribution is 2.40. The highest BCUT2D eigenvalue weighted by Gasteiger charge is 2.46. The maximum Gasteiger partial charge on any atom is 0.319 e. The van der Waals surface area contributed by atoms with Crippen molar-refractivity contribution in [2.75, 3.05) is 38.2 Å². The molecule has 2 amide bonds. The molecular weight excluding hydrogens is 587 g/mol. The van der Waals surface area contributed by atoms with Gasteiger partial charge in [-0.25, -0.2) is 4.39 Å². The molecule has 1 aromatic heterocycles. The van der Waals surface area contributed by atoms with Crippen molar-refractivity contribution in [3.05, 3.63) is 54.3 Å². The number of carbonyl (C=O) groups is 2. The van der Waals surface area contributed by atoms with Crippen LogP contribution in [0.25, 0.3) is 32.8 Å². The van der Waals surface area contributed by atoms with Crippen LogP contribution in [-0.4, -0.2) is 94.1 Å². The number of rotatable bonds is 6. The van der Waals surface area contributed by atoms with E-state index >= 15 is 4.39 Å². The van der Waals surface area contributed by atoms with Crippen molar-refractivity contribution in [3.8, 4) is 22.9 Å². The minimum Gasteiger partial charge on any atom is -0.508 e. The van der Waals surface area contributed by atoms with E-state index in [4.69, 9.17) is 9.72 Å². The SMILES string of the molecule is CN1CCC[C@H]1COc1nc(N2CC3CCC(C2)N3C(=O)C2CCC(=O)N2)c2ccc(-c3cc(O)cc4ccccc34)c(F)c2n1. The maximum absolute atomic E-state index is 16.7. The van der Waals surface area contributed by atoms with Crippen LogP contribution in [0.5, 0.6) is 11.8 Å². The second-order valence-corrected chi connectivity index (χ2v) is 13.1. The van der Waals surface area contributed by atoms with Gasteiger partial charge >= 0.3 is 6.01 Å². The Morgan fingerprint density at radius 2 is 1.83 bits per heavy atom. The lowest BCUT2D eigenvalue weighted by atomic mass is 9.96. The second-order valence-electron chi connectivity index (χ2n) is 13.1. The fraction of sp³-hybridized carbons (Fsp3) is 0.429. The highest BCUT2D eigenvalue weighted by atomic mass is 19.1. The first-order chi connectivity index (χ1) is 22.3. The van der Waals surface area contributed by atoms with Crippen molar-refractivity contribution in [2.24, 2.45) is 0 Å². The van der Waals surface area contributed by atoms with Crippen LogP contribution in [-0.2, 0) is 9.59 Å². The average Bonchev–Trinajstić information content (AvgIpc) is 3.75. The van der Waals surface area contributed by atoms with Gasteiger partial charge in [0.05, 0.1) is 0 Å². The summed E-state index contributed by atoms with van der Waals surface area (Å²) in [5.41, 5.74) is 1.07. The van der Waals surface area contributed by atoms with Gasteiger partial charge in [-0.2, -0.15) is 9.97 Å². The number of nitrogens with zero attached hydrogens (tertiary/aromatic N) is 5. The zero-order valence-electron chi connectivity index (χ0n) is 25.8. The van der Waals surface area contributed by atoms with Gasteiger partial charge in [0.25, 0.3) is 0 Å². The lowest BCUT2D eigenvalue weighted by Crippen LogP contribution is -2.59. The van der Waals surface area contributed by atoms with Crippen molar-refractivity contribution in [1.82, 2.24) is 25.1 Å². The third kappa shape index (κ3) is 4.97. The number of hydrogen-bond donors (Lipinski definition) is 2. The summed E-state index contributed by atoms with van der Waals surface area (Å²) in [6.45, 7) is 2.49. The molecule has 4 atom stereocenters. The molecule has 2 bridgehead atoms. The molecule has 4 saturated heterocycles. The van der Waals surface area contributed by atoms with Gasteiger partial charge in [-0.1, -0.05) is 30.3 Å². The van der Waals surface area contributed by atoms with E-state index in [-0.39, 0.29) is 47.2 Å². The number of phenols is 1. The number of hydrogen-bond acceptors (Lipinski definition) is 8. The predicted octanol–water partition coefficient (Wildman–Crippen LogP) is 4.23. The Morgan fingerprint density at radius 1 is 1.02 bits per heavy atom. The first kappa shape index (κ1) is 28.9. The molecule has 4 aliphatic heterocycles. The second kappa shape index (κ2) is 11.4. The van der Waals surface area contributed by atoms with E-state index in [0.29, 0.717) is 54.9 Å². The first-order valence-electron chi connectivity index (χ1n) is 16.3. The molecule has 4 aromatic rings. The molecule has 3 aromatic carbocycles. The lowest BCUT2D eigenvalue weighted by Gasteiger charge is -2.42. The molecule has 3 unspecified atom stereocenters. The van der Waals surface area contributed by atoms with Gasteiger partial charge in [0, 0.05) is 48.6 Å². The summed E-state index contributed by atoms with van der Waals surface area (Å²) in [4.78, 5) is 41.2. The summed E-state index contributed by atoms with van der Waals surface area (Å²) < 4.78 is 22.9. The Morgan fingerprint density at radius 3 is 2.57 bits per heavy atom. The number of halogens is 1. The summed E-state index contributed by atoms with van der Waals surface area (Å²) in [7, 11) is 2.08. The van der Waals surface area contributed by atoms with Crippen LogP contribution < -0.4 is 15.0 Å². The predicted molar refractivity (Wildman–Crippen MR) is 172 cm³/mol. The normalized spacial score (nSPS) is 24.7. The Bertz CT molecular complexity index is 1850. The first-order valence-corrected chi connectivity index (χ1v) is 16.3. The quantitative estimate of drug-likeness (QED) is 0.328. The zero-order valence-corrected chi connectivity index (χ0v) is 25.8. The number of nitrogens with one attached hydrogen (secondary N) is 1. The average molecular weight is 625 g/mol. The van der Waals surface area contributed by atoms with Crippen molar-refractivity contribution in [3.63, 3.8) is 0 Å². The molecule has 10 nitrogen and oxygen atoms in total. The fourth-order valence-electron chi connectivity index (χ4n) is 7.93. The van der Waals surface area contributed by atoms with Crippen LogP contribution in [0.3, 0.4) is 0 Å². The summed E-state index contributed by atoms with van der Waals surface area (Å²) >= 11 is 0. The summed E-state index contributed by atoms with van der Waals surface area (Å²) in [5.74, 6) is 0.0523. The zero-order chi connectivity index (χ0) is 31.5. The van der Waals surface area contributed by atoms with Crippen molar-refractivity contribution < 1.29 is 23.8 Å². The van der Waals surface area contributed by atoms with Gasteiger partial charge in [-0.05, 0) is 80.2 Å². The highest BCUT2D eigenvalue weighted by molar-refractivity contribution is 6.01. The molecule has 2 N–H and O–H groups in total. The molecule has 5 heterocycles. The summed E-state index contributed by atoms with van der Waals surface area (Å²) in [5, 5.41) is 15.5. The number of fused-ring (bicyclic) bond motifs is 4. The van der Waals surface area contributed by atoms with Crippen LogP contribution in [0.1, 0.15) is 38.5 Å². The van der Waals surface area contributed by atoms with E-state index in [1.54, 1.807) is 18.2 Å². The van der Waals surface area contributed by atoms with Crippen LogP contribution in [0.2, 0.25) is 0 Å². The largest absolute Gasteiger partial charge is 0.508 e. The van der Waals surface area contributed by atoms with Gasteiger partial charge in [-0.15, -0.1) is 0 Å². The number of carbonyl (C=O) groups excluding carboxylic acids is 2. The third-order valence-electron chi connectivity index (χ3n) is 10.3. The minimum atomic E-state index is -0.506. The number of anilines is 1. The number of aromatic hydroxyl groups is 1. The van der Waals surface area contributed by atoms with Gasteiger partial charge in [0.1, 0.15) is 29.7 Å². The van der Waals surface area contributed by atoms with Crippen LogP contribution in [0.4, 0.5) is 10.2 Å². The summed E-state index contributed by atoms with van der Waals surface area (Å²) in [6, 6.07) is 14.3. The number of likely N-dealkylation sites (tertiary alicyclic amines) is 1. The lowest BCUT2D eigenvalue weighted by molar-refractivity contribution is -0.137. The molecule has 11 heteroatoms. The van der Waals surface area contributed by atoms with Crippen LogP contribution >= 0.6 is 0 Å². The van der Waals surface area contributed by atoms with Gasteiger partial charge in [-0.3, -0.25) is 9.59 Å². The van der Waals surface area contributed by atoms with Crippen LogP contribution in [0, 0.1) is 5.82 Å². The van der Waals surface area contributed by atoms with Crippen molar-refractivity contribution >= 4 is 39.3 Å². The molecule has 4 fully saturated rings. The maximum atomic E-state index is 16.7. The van der Waals surface area contributed by atoms with Gasteiger partial charge in [0.2, 0.25) is 11.8 Å². The third-order valence-corrected chi connectivity index (χ3v) is 10.3. The monoisotopic (exact) mass is 624 g/mol. The molecule has 0 radical (unpaired) electrons. The number of phenolic OH excluding ortho intramolecular Hbond substituents is 1. The molecule has 238 valence electrons. The molecule has 0 aliphatic carbocycles. The van der Waals surface area contributed by atoms with E-state index in [1.807, 2.05) is 35.2 Å². The smallest absolute Gasteiger partial charge is 0.319 e. The van der Waals surface area contributed by atoms with Gasteiger partial charge in [0.15, 0.2) is 5.82 Å². The molecular formula is C35H37FN6O4. The van der Waals surface area contributed by atoms with Crippen molar-refractivity contribution in [2.45, 2.75) is 62.7 Å². The Labute approximate surface area is 266 Å². The Balaban J connectivity index is 1.18. The number of benzene rings is 3. The molecule has 8 rings (SSSR count). The number of aromatic nitrogens is 2. The molecule has 46 heavy (non-hydrogen) atoms. The summed E-state index contributed by atoms with van der Waals surface area (Å²) in [6.07, 6.45) is 4.74. The van der Waals surface area contributed by atoms with E-state index in [0.717, 1.165) is 43.0 Å². The van der Waals surface area contributed by atoms with E-state index < -0.39 is 11.9 Å². The number of ether oxygens (including phenoxy) is 1. The standard InChI is InChI=1S/C35H37FN6O4/c1-40-14-4-6-23(40)19-46-35-38-32-27(11-10-26(31(32)36)28-16-24(43)15-20-5-2-3-7-25(20)28)33(39-35)41-17-21-8-9-22(18-41)42(21)34(45)29-12-13-30(44)37-29/h2-3,5,7,10-11,15-16,21-23,29,43H,4,6,8-9,12-14,17-19H2,1H3,(H,37,44)/t21?,22?,23-,29?/m0/s1. The number of likely N-dealkylation sites (N-methyl/N-ethyl adjacent to an activating group) is 1. The van der Waals surface area contributed by atoms with Crippen LogP contribution in [0.15, 0.2) is 48.5 Å². The molecule has 0 saturated carbocycles. The van der Waals surface area contributed by atoms with E-state index in [2.05, 4.69) is 27.1 Å². The van der Waals surface area contributed by atoms with Crippen molar-refractivity contribution in [1.29, 1.82) is 0 Å². The fourth-order valence-corrected chi connectivity index (χ4v) is 7.93. The number of piperazine rings is 1. The van der Waals surface area contributed by atoms with E-state index in [9.17, 15) is 14.7 Å². The Hall–Kier alpha value is -4.51. The Kier molecular flexibility index (Phi) is 7.16. The number of amides is 2. The minimum absolute atomic E-state index is 0.00993. The van der Waals surface area contributed by atoms with Gasteiger partial charge < -0.3 is 29.9 Å². The molecule has 0 spiro atoms.